The van der Waals surface area contributed by atoms with Crippen LogP contribution in [-0.2, 0) is 24.4 Å². The highest BCUT2D eigenvalue weighted by Gasteiger charge is 2.08. The molecule has 0 aromatic rings. The summed E-state index contributed by atoms with van der Waals surface area (Å²) in [4.78, 5) is 32.6. The number of carbonyl (C=O) groups excluding carboxylic acids is 2. The van der Waals surface area contributed by atoms with E-state index in [1.54, 1.807) is 0 Å². The molecule has 0 aliphatic carbocycles. The standard InChI is InChI=1S/C40H70O5/c1-3-5-7-9-11-13-15-17-19-21-23-25-27-29-31-33-35-37-39(41)43-45-44-40(42)38-36-34-32-30-28-26-24-22-20-18-16-14-12-10-8-6-4-2/h11-14,29-32H,3-10,15-28,33-38H2,1-2H3/b13-11-,14-12-,31-29-,32-30-. The van der Waals surface area contributed by atoms with Crippen molar-refractivity contribution >= 4 is 11.9 Å². The molecule has 5 nitrogen and oxygen atoms in total. The Morgan fingerprint density at radius 3 is 0.889 bits per heavy atom. The summed E-state index contributed by atoms with van der Waals surface area (Å²) in [5.74, 6) is -1.05. The van der Waals surface area contributed by atoms with Crippen molar-refractivity contribution in [3.8, 4) is 0 Å². The third-order valence-electron chi connectivity index (χ3n) is 7.86. The SMILES string of the molecule is CCCCC/C=C\CCCCCCC/C=C\CCCC(=O)OOOC(=O)CCC/C=C\CCCCCCC/C=C\CCCCC. The fourth-order valence-corrected chi connectivity index (χ4v) is 4.98. The van der Waals surface area contributed by atoms with Crippen LogP contribution in [0.25, 0.3) is 0 Å². The van der Waals surface area contributed by atoms with Gasteiger partial charge in [0.1, 0.15) is 0 Å². The van der Waals surface area contributed by atoms with Crippen LogP contribution in [0.1, 0.15) is 194 Å². The second-order valence-electron chi connectivity index (χ2n) is 12.3. The zero-order chi connectivity index (χ0) is 32.7. The van der Waals surface area contributed by atoms with Crippen molar-refractivity contribution in [1.82, 2.24) is 0 Å². The van der Waals surface area contributed by atoms with E-state index in [0.717, 1.165) is 25.7 Å². The molecule has 0 aliphatic rings. The van der Waals surface area contributed by atoms with Gasteiger partial charge in [0.05, 0.1) is 0 Å². The van der Waals surface area contributed by atoms with E-state index < -0.39 is 11.9 Å². The second kappa shape index (κ2) is 38.0. The highest BCUT2D eigenvalue weighted by atomic mass is 17.5. The average molecular weight is 631 g/mol. The maximum atomic E-state index is 11.7. The Balaban J connectivity index is 3.41. The molecule has 5 heteroatoms. The minimum atomic E-state index is -0.524. The predicted octanol–water partition coefficient (Wildman–Crippen LogP) is 13.1. The van der Waals surface area contributed by atoms with Crippen molar-refractivity contribution in [2.24, 2.45) is 0 Å². The number of allylic oxidation sites excluding steroid dienone is 8. The van der Waals surface area contributed by atoms with Crippen LogP contribution in [-0.4, -0.2) is 11.9 Å². The molecule has 45 heavy (non-hydrogen) atoms. The third kappa shape index (κ3) is 38.0. The van der Waals surface area contributed by atoms with Gasteiger partial charge >= 0.3 is 11.9 Å². The fourth-order valence-electron chi connectivity index (χ4n) is 4.98. The van der Waals surface area contributed by atoms with E-state index >= 15 is 0 Å². The summed E-state index contributed by atoms with van der Waals surface area (Å²) in [6, 6.07) is 0. The van der Waals surface area contributed by atoms with Crippen molar-refractivity contribution < 1.29 is 24.4 Å². The molecule has 0 radical (unpaired) electrons. The molecule has 0 rings (SSSR count). The molecular weight excluding hydrogens is 560 g/mol. The van der Waals surface area contributed by atoms with Gasteiger partial charge in [-0.1, -0.05) is 127 Å². The van der Waals surface area contributed by atoms with Gasteiger partial charge in [-0.2, -0.15) is 0 Å². The van der Waals surface area contributed by atoms with Crippen molar-refractivity contribution in [2.75, 3.05) is 0 Å². The highest BCUT2D eigenvalue weighted by Crippen LogP contribution is 2.11. The van der Waals surface area contributed by atoms with Crippen molar-refractivity contribution in [2.45, 2.75) is 194 Å². The quantitative estimate of drug-likeness (QED) is 0.0306. The lowest BCUT2D eigenvalue weighted by molar-refractivity contribution is -0.459. The summed E-state index contributed by atoms with van der Waals surface area (Å²) in [5.41, 5.74) is 0. The molecule has 0 fully saturated rings. The Bertz CT molecular complexity index is 690. The van der Waals surface area contributed by atoms with Crippen LogP contribution >= 0.6 is 0 Å². The molecule has 260 valence electrons. The maximum Gasteiger partial charge on any atom is 0.346 e. The summed E-state index contributed by atoms with van der Waals surface area (Å²) in [6.45, 7) is 4.50. The zero-order valence-corrected chi connectivity index (χ0v) is 29.5. The highest BCUT2D eigenvalue weighted by molar-refractivity contribution is 5.69. The Hall–Kier alpha value is -2.14. The maximum absolute atomic E-state index is 11.7. The summed E-state index contributed by atoms with van der Waals surface area (Å²) in [5, 5.41) is 4.38. The molecule has 0 saturated carbocycles. The Labute approximate surface area is 278 Å². The molecule has 0 aliphatic heterocycles. The van der Waals surface area contributed by atoms with Crippen LogP contribution in [0.15, 0.2) is 48.6 Å². The normalized spacial score (nSPS) is 12.0. The molecular formula is C40H70O5. The van der Waals surface area contributed by atoms with Gasteiger partial charge in [0.15, 0.2) is 0 Å². The summed E-state index contributed by atoms with van der Waals surface area (Å²) >= 11 is 0. The van der Waals surface area contributed by atoms with Crippen molar-refractivity contribution in [3.05, 3.63) is 48.6 Å². The first kappa shape index (κ1) is 42.9. The van der Waals surface area contributed by atoms with E-state index in [1.165, 1.54) is 128 Å². The first-order valence-corrected chi connectivity index (χ1v) is 18.9. The molecule has 0 aromatic heterocycles. The minimum Gasteiger partial charge on any atom is -0.260 e. The van der Waals surface area contributed by atoms with Gasteiger partial charge in [-0.15, -0.1) is 0 Å². The van der Waals surface area contributed by atoms with Gasteiger partial charge in [-0.3, -0.25) is 9.78 Å². The molecule has 0 spiro atoms. The molecule has 0 aromatic carbocycles. The summed E-state index contributed by atoms with van der Waals surface area (Å²) in [6.07, 6.45) is 49.4. The molecule has 0 heterocycles. The smallest absolute Gasteiger partial charge is 0.260 e. The predicted molar refractivity (Wildman–Crippen MR) is 190 cm³/mol. The van der Waals surface area contributed by atoms with E-state index in [4.69, 9.17) is 0 Å². The van der Waals surface area contributed by atoms with E-state index in [-0.39, 0.29) is 12.8 Å². The number of carbonyl (C=O) groups is 2. The summed E-state index contributed by atoms with van der Waals surface area (Å²) in [7, 11) is 0. The van der Waals surface area contributed by atoms with Crippen LogP contribution in [0.5, 0.6) is 0 Å². The van der Waals surface area contributed by atoms with E-state index in [9.17, 15) is 9.59 Å². The molecule has 0 atom stereocenters. The molecule has 0 unspecified atom stereocenters. The van der Waals surface area contributed by atoms with E-state index in [2.05, 4.69) is 77.3 Å². The van der Waals surface area contributed by atoms with Gasteiger partial charge < -0.3 is 0 Å². The van der Waals surface area contributed by atoms with Gasteiger partial charge in [0.2, 0.25) is 0 Å². The van der Waals surface area contributed by atoms with Gasteiger partial charge in [-0.05, 0) is 103 Å². The van der Waals surface area contributed by atoms with E-state index in [1.807, 2.05) is 0 Å². The molecule has 0 bridgehead atoms. The molecule has 0 N–H and O–H groups in total. The zero-order valence-electron chi connectivity index (χ0n) is 29.5. The number of unbranched alkanes of at least 4 members (excludes halogenated alkanes) is 20. The van der Waals surface area contributed by atoms with Crippen LogP contribution < -0.4 is 0 Å². The van der Waals surface area contributed by atoms with Gasteiger partial charge in [-0.25, -0.2) is 9.59 Å². The lowest BCUT2D eigenvalue weighted by Gasteiger charge is -2.02. The van der Waals surface area contributed by atoms with Crippen LogP contribution in [0.4, 0.5) is 0 Å². The number of rotatable bonds is 34. The second-order valence-corrected chi connectivity index (χ2v) is 12.3. The summed E-state index contributed by atoms with van der Waals surface area (Å²) < 4.78 is 0. The average Bonchev–Trinajstić information content (AvgIpc) is 3.04. The Kier molecular flexibility index (Phi) is 36.2. The first-order chi connectivity index (χ1) is 22.2. The third-order valence-corrected chi connectivity index (χ3v) is 7.86. The minimum absolute atomic E-state index is 0.232. The van der Waals surface area contributed by atoms with E-state index in [0.29, 0.717) is 12.8 Å². The molecule has 0 saturated heterocycles. The van der Waals surface area contributed by atoms with Crippen LogP contribution in [0, 0.1) is 0 Å². The molecule has 0 amide bonds. The topological polar surface area (TPSA) is 61.8 Å². The number of hydrogen-bond donors (Lipinski definition) is 0. The van der Waals surface area contributed by atoms with Crippen molar-refractivity contribution in [1.29, 1.82) is 0 Å². The first-order valence-electron chi connectivity index (χ1n) is 18.9. The van der Waals surface area contributed by atoms with Crippen LogP contribution in [0.2, 0.25) is 0 Å². The largest absolute Gasteiger partial charge is 0.346 e. The lowest BCUT2D eigenvalue weighted by atomic mass is 10.1. The lowest BCUT2D eigenvalue weighted by Crippen LogP contribution is -2.10. The van der Waals surface area contributed by atoms with Crippen molar-refractivity contribution in [3.63, 3.8) is 0 Å². The van der Waals surface area contributed by atoms with Crippen LogP contribution in [0.3, 0.4) is 0 Å². The Morgan fingerprint density at radius 2 is 0.600 bits per heavy atom. The number of hydrogen-bond acceptors (Lipinski definition) is 5. The van der Waals surface area contributed by atoms with Gasteiger partial charge in [0.25, 0.3) is 0 Å². The van der Waals surface area contributed by atoms with Gasteiger partial charge in [0, 0.05) is 17.9 Å². The monoisotopic (exact) mass is 631 g/mol. The fraction of sp³-hybridized carbons (Fsp3) is 0.750. The Morgan fingerprint density at radius 1 is 0.356 bits per heavy atom.